The number of esters is 1. The van der Waals surface area contributed by atoms with Crippen LogP contribution in [0.15, 0.2) is 64.4 Å². The van der Waals surface area contributed by atoms with Gasteiger partial charge in [0.05, 0.1) is 22.6 Å². The molecule has 2 aromatic carbocycles. The summed E-state index contributed by atoms with van der Waals surface area (Å²) in [6.45, 7) is -0.725. The number of hydrogen-bond acceptors (Lipinski definition) is 7. The monoisotopic (exact) mass is 363 g/mol. The SMILES string of the molecule is O=C(Cn1cnc2ccccc2c1=O)OCn1nnc2ccccc2c1=O. The first-order valence-corrected chi connectivity index (χ1v) is 8.06. The fraction of sp³-hybridized carbons (Fsp3) is 0.111. The molecule has 0 saturated heterocycles. The molecule has 0 aliphatic heterocycles. The van der Waals surface area contributed by atoms with E-state index in [-0.39, 0.29) is 12.1 Å². The van der Waals surface area contributed by atoms with Gasteiger partial charge < -0.3 is 4.74 Å². The Labute approximate surface area is 151 Å². The molecule has 0 N–H and O–H groups in total. The van der Waals surface area contributed by atoms with Gasteiger partial charge in [-0.05, 0) is 24.3 Å². The lowest BCUT2D eigenvalue weighted by Crippen LogP contribution is -2.29. The number of carbonyl (C=O) groups excluding carboxylic acids is 1. The molecule has 4 aromatic rings. The van der Waals surface area contributed by atoms with Crippen LogP contribution in [0.3, 0.4) is 0 Å². The minimum atomic E-state index is -0.698. The molecular weight excluding hydrogens is 350 g/mol. The van der Waals surface area contributed by atoms with Gasteiger partial charge in [0.2, 0.25) is 0 Å². The summed E-state index contributed by atoms with van der Waals surface area (Å²) in [6.07, 6.45) is 1.29. The van der Waals surface area contributed by atoms with Crippen molar-refractivity contribution in [2.75, 3.05) is 0 Å². The molecule has 0 spiro atoms. The summed E-state index contributed by atoms with van der Waals surface area (Å²) >= 11 is 0. The van der Waals surface area contributed by atoms with E-state index in [2.05, 4.69) is 15.3 Å². The van der Waals surface area contributed by atoms with E-state index < -0.39 is 18.3 Å². The quantitative estimate of drug-likeness (QED) is 0.491. The van der Waals surface area contributed by atoms with E-state index in [9.17, 15) is 14.4 Å². The van der Waals surface area contributed by atoms with Gasteiger partial charge >= 0.3 is 5.97 Å². The third-order valence-corrected chi connectivity index (χ3v) is 4.01. The van der Waals surface area contributed by atoms with Gasteiger partial charge in [0.25, 0.3) is 11.1 Å². The third kappa shape index (κ3) is 3.17. The van der Waals surface area contributed by atoms with Gasteiger partial charge in [-0.15, -0.1) is 5.10 Å². The van der Waals surface area contributed by atoms with Gasteiger partial charge in [-0.1, -0.05) is 29.5 Å². The summed E-state index contributed by atoms with van der Waals surface area (Å²) < 4.78 is 7.16. The van der Waals surface area contributed by atoms with Crippen molar-refractivity contribution in [3.8, 4) is 0 Å². The van der Waals surface area contributed by atoms with Crippen molar-refractivity contribution >= 4 is 27.8 Å². The summed E-state index contributed by atoms with van der Waals surface area (Å²) in [6, 6.07) is 13.6. The van der Waals surface area contributed by atoms with E-state index in [0.29, 0.717) is 21.8 Å². The van der Waals surface area contributed by atoms with E-state index in [1.807, 2.05) is 0 Å². The average Bonchev–Trinajstić information content (AvgIpc) is 2.70. The van der Waals surface area contributed by atoms with Crippen LogP contribution < -0.4 is 11.1 Å². The van der Waals surface area contributed by atoms with Crippen LogP contribution in [0, 0.1) is 0 Å². The normalized spacial score (nSPS) is 11.0. The molecule has 0 atom stereocenters. The minimum Gasteiger partial charge on any atom is -0.441 e. The van der Waals surface area contributed by atoms with Gasteiger partial charge in [-0.25, -0.2) is 4.98 Å². The summed E-state index contributed by atoms with van der Waals surface area (Å²) in [4.78, 5) is 40.9. The number of fused-ring (bicyclic) bond motifs is 2. The third-order valence-electron chi connectivity index (χ3n) is 4.01. The molecule has 0 aliphatic rings. The van der Waals surface area contributed by atoms with Crippen LogP contribution in [0.4, 0.5) is 0 Å². The lowest BCUT2D eigenvalue weighted by Gasteiger charge is -2.08. The zero-order valence-corrected chi connectivity index (χ0v) is 14.0. The van der Waals surface area contributed by atoms with Gasteiger partial charge in [0.1, 0.15) is 12.1 Å². The second kappa shape index (κ2) is 6.79. The van der Waals surface area contributed by atoms with Crippen molar-refractivity contribution in [3.63, 3.8) is 0 Å². The van der Waals surface area contributed by atoms with Crippen molar-refractivity contribution in [2.45, 2.75) is 13.3 Å². The number of aromatic nitrogens is 5. The van der Waals surface area contributed by atoms with Crippen LogP contribution in [-0.2, 0) is 22.8 Å². The topological polar surface area (TPSA) is 109 Å². The molecular formula is C18H13N5O4. The average molecular weight is 363 g/mol. The zero-order valence-electron chi connectivity index (χ0n) is 14.0. The number of nitrogens with zero attached hydrogens (tertiary/aromatic N) is 5. The predicted octanol–water partition coefficient (Wildman–Crippen LogP) is 0.702. The van der Waals surface area contributed by atoms with Crippen LogP contribution in [0.25, 0.3) is 21.8 Å². The maximum Gasteiger partial charge on any atom is 0.327 e. The van der Waals surface area contributed by atoms with Crippen LogP contribution >= 0.6 is 0 Å². The molecule has 0 unspecified atom stereocenters. The number of hydrogen-bond donors (Lipinski definition) is 0. The first-order chi connectivity index (χ1) is 13.1. The fourth-order valence-electron chi connectivity index (χ4n) is 2.64. The van der Waals surface area contributed by atoms with Crippen LogP contribution in [0.1, 0.15) is 0 Å². The second-order valence-corrected chi connectivity index (χ2v) is 5.75. The highest BCUT2D eigenvalue weighted by Crippen LogP contribution is 2.05. The van der Waals surface area contributed by atoms with E-state index in [0.717, 1.165) is 9.25 Å². The van der Waals surface area contributed by atoms with Gasteiger partial charge in [0, 0.05) is 0 Å². The predicted molar refractivity (Wildman–Crippen MR) is 95.9 cm³/mol. The van der Waals surface area contributed by atoms with Crippen LogP contribution in [-0.4, -0.2) is 30.5 Å². The van der Waals surface area contributed by atoms with E-state index in [4.69, 9.17) is 4.74 Å². The first-order valence-electron chi connectivity index (χ1n) is 8.06. The first kappa shape index (κ1) is 16.6. The molecule has 9 nitrogen and oxygen atoms in total. The lowest BCUT2D eigenvalue weighted by molar-refractivity contribution is -0.148. The molecule has 2 heterocycles. The Morgan fingerprint density at radius 2 is 1.59 bits per heavy atom. The smallest absolute Gasteiger partial charge is 0.327 e. The molecule has 0 radical (unpaired) electrons. The van der Waals surface area contributed by atoms with Gasteiger partial charge in [0.15, 0.2) is 6.73 Å². The van der Waals surface area contributed by atoms with E-state index in [1.54, 1.807) is 48.5 Å². The standard InChI is InChI=1S/C18H13N5O4/c24-16(9-22-10-19-14-7-3-1-5-12(14)17(22)25)27-11-23-18(26)13-6-2-4-8-15(13)20-21-23/h1-8,10H,9,11H2. The molecule has 9 heteroatoms. The summed E-state index contributed by atoms with van der Waals surface area (Å²) in [7, 11) is 0. The van der Waals surface area contributed by atoms with Crippen molar-refractivity contribution < 1.29 is 9.53 Å². The molecule has 27 heavy (non-hydrogen) atoms. The molecule has 134 valence electrons. The highest BCUT2D eigenvalue weighted by molar-refractivity contribution is 5.78. The van der Waals surface area contributed by atoms with Crippen molar-refractivity contribution in [1.29, 1.82) is 0 Å². The van der Waals surface area contributed by atoms with Crippen LogP contribution in [0.5, 0.6) is 0 Å². The Balaban J connectivity index is 1.51. The molecule has 0 fully saturated rings. The van der Waals surface area contributed by atoms with Crippen molar-refractivity contribution in [2.24, 2.45) is 0 Å². The summed E-state index contributed by atoms with van der Waals surface area (Å²) in [5.41, 5.74) is 0.238. The minimum absolute atomic E-state index is 0.327. The highest BCUT2D eigenvalue weighted by atomic mass is 16.5. The maximum absolute atomic E-state index is 12.4. The Hall–Kier alpha value is -3.88. The molecule has 2 aromatic heterocycles. The molecule has 0 saturated carbocycles. The zero-order chi connectivity index (χ0) is 18.8. The maximum atomic E-state index is 12.4. The number of rotatable bonds is 4. The molecule has 0 aliphatic carbocycles. The number of ether oxygens (including phenoxy) is 1. The second-order valence-electron chi connectivity index (χ2n) is 5.75. The molecule has 0 amide bonds. The molecule has 4 rings (SSSR count). The van der Waals surface area contributed by atoms with Crippen molar-refractivity contribution in [1.82, 2.24) is 24.5 Å². The van der Waals surface area contributed by atoms with Crippen molar-refractivity contribution in [3.05, 3.63) is 75.6 Å². The largest absolute Gasteiger partial charge is 0.441 e. The Morgan fingerprint density at radius 1 is 0.926 bits per heavy atom. The lowest BCUT2D eigenvalue weighted by atomic mass is 10.2. The Kier molecular flexibility index (Phi) is 4.17. The number of carbonyl (C=O) groups is 1. The van der Waals surface area contributed by atoms with E-state index in [1.165, 1.54) is 6.33 Å². The highest BCUT2D eigenvalue weighted by Gasteiger charge is 2.11. The fourth-order valence-corrected chi connectivity index (χ4v) is 2.64. The number of benzene rings is 2. The Morgan fingerprint density at radius 3 is 2.37 bits per heavy atom. The summed E-state index contributed by atoms with van der Waals surface area (Å²) in [5.74, 6) is -0.698. The Bertz CT molecular complexity index is 1280. The van der Waals surface area contributed by atoms with E-state index >= 15 is 0 Å². The summed E-state index contributed by atoms with van der Waals surface area (Å²) in [5, 5.41) is 8.43. The molecule has 0 bridgehead atoms. The van der Waals surface area contributed by atoms with Crippen LogP contribution in [0.2, 0.25) is 0 Å². The van der Waals surface area contributed by atoms with Gasteiger partial charge in [-0.2, -0.15) is 4.68 Å². The number of para-hydroxylation sites is 1. The van der Waals surface area contributed by atoms with Gasteiger partial charge in [-0.3, -0.25) is 19.0 Å².